The number of aryl methyl sites for hydroxylation is 1. The molecule has 1 aliphatic carbocycles. The Morgan fingerprint density at radius 1 is 1.07 bits per heavy atom. The summed E-state index contributed by atoms with van der Waals surface area (Å²) in [6, 6.07) is 15.4. The van der Waals surface area contributed by atoms with Gasteiger partial charge in [-0.3, -0.25) is 9.80 Å². The number of methoxy groups -OCH3 is 1. The topological polar surface area (TPSA) is 71.9 Å². The highest BCUT2D eigenvalue weighted by Crippen LogP contribution is 2.40. The van der Waals surface area contributed by atoms with Crippen molar-refractivity contribution in [3.05, 3.63) is 59.4 Å². The van der Waals surface area contributed by atoms with E-state index in [1.807, 2.05) is 0 Å². The molecule has 3 aliphatic rings. The molecule has 1 saturated carbocycles. The monoisotopic (exact) mass is 545 g/mol. The molecule has 0 spiro atoms. The zero-order valence-corrected chi connectivity index (χ0v) is 24.0. The lowest BCUT2D eigenvalue weighted by Crippen LogP contribution is -2.45. The van der Waals surface area contributed by atoms with Gasteiger partial charge in [-0.25, -0.2) is 9.78 Å². The van der Waals surface area contributed by atoms with Crippen LogP contribution in [0, 0.1) is 0 Å². The van der Waals surface area contributed by atoms with Gasteiger partial charge in [0.25, 0.3) is 0 Å². The maximum absolute atomic E-state index is 12.7. The second-order valence-corrected chi connectivity index (χ2v) is 11.6. The Balaban J connectivity index is 1.30. The average Bonchev–Trinajstić information content (AvgIpc) is 3.36. The van der Waals surface area contributed by atoms with Crippen LogP contribution in [0.25, 0.3) is 11.0 Å². The number of benzene rings is 2. The van der Waals surface area contributed by atoms with Gasteiger partial charge in [-0.2, -0.15) is 0 Å². The number of carbonyl (C=O) groups is 1. The van der Waals surface area contributed by atoms with E-state index in [9.17, 15) is 4.79 Å². The molecule has 2 aromatic carbocycles. The molecule has 1 aromatic heterocycles. The Morgan fingerprint density at radius 2 is 1.90 bits per heavy atom. The zero-order valence-electron chi connectivity index (χ0n) is 24.0. The quantitative estimate of drug-likeness (QED) is 0.454. The Hall–Kier alpha value is -2.94. The molecule has 2 fully saturated rings. The number of fused-ring (bicyclic) bond motifs is 3. The molecule has 6 rings (SSSR count). The summed E-state index contributed by atoms with van der Waals surface area (Å²) in [7, 11) is 1.46. The number of amides is 1. The van der Waals surface area contributed by atoms with Crippen molar-refractivity contribution in [1.29, 1.82) is 0 Å². The van der Waals surface area contributed by atoms with E-state index in [4.69, 9.17) is 14.5 Å². The third-order valence-corrected chi connectivity index (χ3v) is 9.04. The van der Waals surface area contributed by atoms with Gasteiger partial charge in [-0.15, -0.1) is 0 Å². The zero-order chi connectivity index (χ0) is 27.5. The second kappa shape index (κ2) is 12.3. The Morgan fingerprint density at radius 3 is 2.70 bits per heavy atom. The highest BCUT2D eigenvalue weighted by molar-refractivity contribution is 5.95. The summed E-state index contributed by atoms with van der Waals surface area (Å²) in [5, 5.41) is 3.43. The lowest BCUT2D eigenvalue weighted by atomic mass is 9.91. The number of piperazine rings is 1. The summed E-state index contributed by atoms with van der Waals surface area (Å²) >= 11 is 0. The molecule has 8 heteroatoms. The molecule has 3 atom stereocenters. The first kappa shape index (κ1) is 27.2. The normalized spacial score (nSPS) is 23.8. The summed E-state index contributed by atoms with van der Waals surface area (Å²) < 4.78 is 14.2. The second-order valence-electron chi connectivity index (χ2n) is 11.6. The van der Waals surface area contributed by atoms with Crippen molar-refractivity contribution in [3.8, 4) is 0 Å². The summed E-state index contributed by atoms with van der Waals surface area (Å²) in [5.74, 6) is 1.10. The van der Waals surface area contributed by atoms with Gasteiger partial charge in [0.15, 0.2) is 0 Å². The van der Waals surface area contributed by atoms with E-state index in [2.05, 4.69) is 64.2 Å². The van der Waals surface area contributed by atoms with Gasteiger partial charge in [-0.1, -0.05) is 30.3 Å². The summed E-state index contributed by atoms with van der Waals surface area (Å²) in [4.78, 5) is 22.3. The summed E-state index contributed by atoms with van der Waals surface area (Å²) in [6.45, 7) is 8.26. The number of nitrogens with zero attached hydrogens (tertiary/aromatic N) is 4. The van der Waals surface area contributed by atoms with Crippen LogP contribution in [0.15, 0.2) is 42.5 Å². The number of rotatable bonds is 7. The van der Waals surface area contributed by atoms with Gasteiger partial charge in [0.05, 0.1) is 36.5 Å². The van der Waals surface area contributed by atoms with Crippen LogP contribution < -0.4 is 10.2 Å². The third kappa shape index (κ3) is 5.62. The maximum Gasteiger partial charge on any atom is 0.414 e. The number of anilines is 1. The van der Waals surface area contributed by atoms with Gasteiger partial charge < -0.3 is 19.4 Å². The van der Waals surface area contributed by atoms with Crippen LogP contribution in [0.1, 0.15) is 62.0 Å². The van der Waals surface area contributed by atoms with Crippen LogP contribution in [0.2, 0.25) is 0 Å². The molecule has 3 heterocycles. The van der Waals surface area contributed by atoms with Crippen LogP contribution in [-0.2, 0) is 22.3 Å². The van der Waals surface area contributed by atoms with Crippen LogP contribution in [0.4, 0.5) is 10.5 Å². The largest absolute Gasteiger partial charge is 0.452 e. The molecule has 2 aliphatic heterocycles. The van der Waals surface area contributed by atoms with Gasteiger partial charge >= 0.3 is 6.09 Å². The fraction of sp³-hybridized carbons (Fsp3) is 0.562. The fourth-order valence-electron chi connectivity index (χ4n) is 6.92. The van der Waals surface area contributed by atoms with Crippen molar-refractivity contribution >= 4 is 22.8 Å². The molecule has 1 saturated heterocycles. The highest BCUT2D eigenvalue weighted by Gasteiger charge is 2.33. The van der Waals surface area contributed by atoms with Crippen molar-refractivity contribution in [2.75, 3.05) is 51.3 Å². The summed E-state index contributed by atoms with van der Waals surface area (Å²) in [5.41, 5.74) is 5.57. The molecule has 0 unspecified atom stereocenters. The Kier molecular flexibility index (Phi) is 8.37. The summed E-state index contributed by atoms with van der Waals surface area (Å²) in [6.07, 6.45) is 6.99. The van der Waals surface area contributed by atoms with Gasteiger partial charge in [0.1, 0.15) is 5.82 Å². The number of hydrogen-bond donors (Lipinski definition) is 1. The van der Waals surface area contributed by atoms with E-state index < -0.39 is 0 Å². The molecular formula is C32H43N5O3. The average molecular weight is 546 g/mol. The highest BCUT2D eigenvalue weighted by atomic mass is 16.5. The molecule has 214 valence electrons. The van der Waals surface area contributed by atoms with Crippen molar-refractivity contribution in [3.63, 3.8) is 0 Å². The van der Waals surface area contributed by atoms with Crippen LogP contribution in [-0.4, -0.2) is 79.1 Å². The minimum absolute atomic E-state index is 0.0979. The van der Waals surface area contributed by atoms with E-state index in [1.54, 1.807) is 4.90 Å². The van der Waals surface area contributed by atoms with E-state index in [1.165, 1.54) is 18.2 Å². The lowest BCUT2D eigenvalue weighted by Gasteiger charge is -2.34. The van der Waals surface area contributed by atoms with Crippen molar-refractivity contribution < 1.29 is 14.3 Å². The lowest BCUT2D eigenvalue weighted by molar-refractivity contribution is 0.00364. The van der Waals surface area contributed by atoms with E-state index in [-0.39, 0.29) is 18.2 Å². The molecular weight excluding hydrogens is 502 g/mol. The number of imidazole rings is 1. The first-order valence-corrected chi connectivity index (χ1v) is 15.1. The van der Waals surface area contributed by atoms with Crippen LogP contribution >= 0.6 is 0 Å². The van der Waals surface area contributed by atoms with E-state index in [0.717, 1.165) is 107 Å². The van der Waals surface area contributed by atoms with Crippen LogP contribution in [0.3, 0.4) is 0 Å². The molecule has 3 aromatic rings. The minimum Gasteiger partial charge on any atom is -0.452 e. The maximum atomic E-state index is 12.7. The Labute approximate surface area is 237 Å². The molecule has 1 amide bonds. The van der Waals surface area contributed by atoms with E-state index in [0.29, 0.717) is 6.04 Å². The predicted molar refractivity (Wildman–Crippen MR) is 158 cm³/mol. The first-order chi connectivity index (χ1) is 19.6. The number of ether oxygens (including phenoxy) is 2. The molecule has 40 heavy (non-hydrogen) atoms. The molecule has 8 nitrogen and oxygen atoms in total. The van der Waals surface area contributed by atoms with Gasteiger partial charge in [0, 0.05) is 56.8 Å². The van der Waals surface area contributed by atoms with Crippen molar-refractivity contribution in [1.82, 2.24) is 19.8 Å². The SMILES string of the molecule is COC(=O)N1c2ccc3c(nc(Cc4ccccc4)n3[C@@H]3CCC[C@@H](OCCN4CCNCC4)C3)c2CC[C@@H]1C. The number of carbonyl (C=O) groups excluding carboxylic acids is 1. The van der Waals surface area contributed by atoms with E-state index >= 15 is 0 Å². The number of hydrogen-bond acceptors (Lipinski definition) is 6. The molecule has 1 N–H and O–H groups in total. The number of nitrogens with one attached hydrogen (secondary N) is 1. The molecule has 0 bridgehead atoms. The van der Waals surface area contributed by atoms with Crippen LogP contribution in [0.5, 0.6) is 0 Å². The minimum atomic E-state index is -0.301. The van der Waals surface area contributed by atoms with Gasteiger partial charge in [-0.05, 0) is 63.1 Å². The first-order valence-electron chi connectivity index (χ1n) is 15.1. The standard InChI is InChI=1S/C32H43N5O3/c1-23-11-12-27-28(36(23)32(38)39-2)13-14-29-31(27)34-30(21-24-7-4-3-5-8-24)37(29)25-9-6-10-26(22-25)40-20-19-35-17-15-33-16-18-35/h3-5,7-8,13-14,23,25-26,33H,6,9-12,15-22H2,1-2H3/t23-,25+,26+/m0/s1. The number of aromatic nitrogens is 2. The third-order valence-electron chi connectivity index (χ3n) is 9.04. The van der Waals surface area contributed by atoms with Crippen molar-refractivity contribution in [2.24, 2.45) is 0 Å². The fourth-order valence-corrected chi connectivity index (χ4v) is 6.92. The molecule has 0 radical (unpaired) electrons. The predicted octanol–water partition coefficient (Wildman–Crippen LogP) is 4.94. The smallest absolute Gasteiger partial charge is 0.414 e. The Bertz CT molecular complexity index is 1300. The van der Waals surface area contributed by atoms with Crippen molar-refractivity contribution in [2.45, 2.75) is 70.1 Å². The van der Waals surface area contributed by atoms with Gasteiger partial charge in [0.2, 0.25) is 0 Å².